The number of alkyl halides is 9. The molecule has 0 heterocycles. The highest BCUT2D eigenvalue weighted by Gasteiger charge is 2.68. The summed E-state index contributed by atoms with van der Waals surface area (Å²) < 4.78 is -8.79. The third-order valence-electron chi connectivity index (χ3n) is 2.50. The Bertz CT molecular complexity index is 487. The Hall–Kier alpha value is 1.83. The fourth-order valence-electron chi connectivity index (χ4n) is 1.37. The van der Waals surface area contributed by atoms with Crippen LogP contribution in [0.1, 0.15) is 11.1 Å². The molecule has 0 aliphatic carbocycles. The molecule has 0 aliphatic rings. The molecular formula is C11H6Cl9. The van der Waals surface area contributed by atoms with Crippen LogP contribution in [0.15, 0.2) is 24.3 Å². The van der Waals surface area contributed by atoms with E-state index in [0.717, 1.165) is 0 Å². The fourth-order valence-corrected chi connectivity index (χ4v) is 3.70. The molecule has 0 spiro atoms. The van der Waals surface area contributed by atoms with E-state index in [-0.39, 0.29) is 5.56 Å². The summed E-state index contributed by atoms with van der Waals surface area (Å²) in [7, 11) is 0. The predicted molar refractivity (Wildman–Crippen MR) is 93.4 cm³/mol. The Morgan fingerprint density at radius 1 is 0.700 bits per heavy atom. The van der Waals surface area contributed by atoms with Crippen molar-refractivity contribution in [1.29, 1.82) is 0 Å². The Kier molecular flexibility index (Phi) is 6.34. The molecule has 20 heavy (non-hydrogen) atoms. The number of hydrogen-bond acceptors (Lipinski definition) is 0. The van der Waals surface area contributed by atoms with E-state index in [4.69, 9.17) is 104 Å². The Balaban J connectivity index is 3.44. The lowest BCUT2D eigenvalue weighted by Gasteiger charge is -2.44. The van der Waals surface area contributed by atoms with Gasteiger partial charge in [-0.15, -0.1) is 0 Å². The molecule has 113 valence electrons. The van der Waals surface area contributed by atoms with Gasteiger partial charge in [0.05, 0.1) is 0 Å². The minimum Gasteiger partial charge on any atom is -0.0943 e. The molecule has 0 bridgehead atoms. The topological polar surface area (TPSA) is 0 Å². The van der Waals surface area contributed by atoms with Gasteiger partial charge in [0.15, 0.2) is 8.67 Å². The average molecular weight is 457 g/mol. The molecular weight excluding hydrogens is 451 g/mol. The summed E-state index contributed by atoms with van der Waals surface area (Å²) in [5.74, 6) is 0. The smallest absolute Gasteiger partial charge is 0.0943 e. The van der Waals surface area contributed by atoms with Crippen molar-refractivity contribution >= 4 is 104 Å². The first kappa shape index (κ1) is 19.9. The van der Waals surface area contributed by atoms with Crippen molar-refractivity contribution < 1.29 is 0 Å². The van der Waals surface area contributed by atoms with Crippen LogP contribution >= 0.6 is 104 Å². The summed E-state index contributed by atoms with van der Waals surface area (Å²) in [6.07, 6.45) is 0. The Morgan fingerprint density at radius 2 is 1.15 bits per heavy atom. The Labute approximate surface area is 162 Å². The zero-order valence-electron chi connectivity index (χ0n) is 9.42. The van der Waals surface area contributed by atoms with Crippen molar-refractivity contribution in [3.8, 4) is 0 Å². The van der Waals surface area contributed by atoms with Crippen LogP contribution in [0.3, 0.4) is 0 Å². The molecule has 1 rings (SSSR count). The van der Waals surface area contributed by atoms with Crippen molar-refractivity contribution in [3.63, 3.8) is 0 Å². The maximum absolute atomic E-state index is 6.27. The summed E-state index contributed by atoms with van der Waals surface area (Å²) in [5.41, 5.74) is 0.755. The first-order valence-electron chi connectivity index (χ1n) is 4.88. The molecule has 0 amide bonds. The van der Waals surface area contributed by atoms with Crippen LogP contribution in [0.5, 0.6) is 0 Å². The van der Waals surface area contributed by atoms with Gasteiger partial charge < -0.3 is 0 Å². The third-order valence-corrected chi connectivity index (χ3v) is 7.95. The van der Waals surface area contributed by atoms with Gasteiger partial charge in [-0.25, -0.2) is 0 Å². The van der Waals surface area contributed by atoms with Gasteiger partial charge in [0, 0.05) is 0 Å². The quantitative estimate of drug-likeness (QED) is 0.421. The van der Waals surface area contributed by atoms with Crippen LogP contribution in [0, 0.1) is 6.92 Å². The Morgan fingerprint density at radius 3 is 1.55 bits per heavy atom. The number of hydrogen-bond donors (Lipinski definition) is 0. The van der Waals surface area contributed by atoms with Gasteiger partial charge in [0.1, 0.15) is 0 Å². The van der Waals surface area contributed by atoms with Crippen LogP contribution in [0.4, 0.5) is 0 Å². The van der Waals surface area contributed by atoms with Crippen LogP contribution in [0.25, 0.3) is 0 Å². The van der Waals surface area contributed by atoms with Gasteiger partial charge in [0.25, 0.3) is 0 Å². The minimum atomic E-state index is -2.31. The highest BCUT2D eigenvalue weighted by molar-refractivity contribution is 6.80. The molecule has 0 atom stereocenters. The van der Waals surface area contributed by atoms with E-state index in [1.165, 1.54) is 0 Å². The predicted octanol–water partition coefficient (Wildman–Crippen LogP) is 7.22. The zero-order valence-corrected chi connectivity index (χ0v) is 16.2. The van der Waals surface area contributed by atoms with E-state index >= 15 is 0 Å². The summed E-state index contributed by atoms with van der Waals surface area (Å²) in [6.45, 7) is 3.77. The van der Waals surface area contributed by atoms with Crippen LogP contribution in [0.2, 0.25) is 0 Å². The molecule has 9 heteroatoms. The maximum Gasteiger partial charge on any atom is 0.226 e. The molecule has 1 aromatic carbocycles. The van der Waals surface area contributed by atoms with Crippen molar-refractivity contribution in [1.82, 2.24) is 0 Å². The largest absolute Gasteiger partial charge is 0.226 e. The number of benzene rings is 1. The normalized spacial score (nSPS) is 14.5. The molecule has 0 unspecified atom stereocenters. The van der Waals surface area contributed by atoms with E-state index in [9.17, 15) is 0 Å². The van der Waals surface area contributed by atoms with Crippen LogP contribution < -0.4 is 0 Å². The average Bonchev–Trinajstić information content (AvgIpc) is 2.27. The first-order chi connectivity index (χ1) is 8.77. The van der Waals surface area contributed by atoms with E-state index in [1.54, 1.807) is 24.3 Å². The lowest BCUT2D eigenvalue weighted by Crippen LogP contribution is -2.55. The van der Waals surface area contributed by atoms with Crippen molar-refractivity contribution in [2.45, 2.75) is 16.8 Å². The van der Waals surface area contributed by atoms with Crippen molar-refractivity contribution in [2.24, 2.45) is 0 Å². The fraction of sp³-hybridized carbons (Fsp3) is 0.364. The molecule has 0 saturated heterocycles. The monoisotopic (exact) mass is 453 g/mol. The van der Waals surface area contributed by atoms with E-state index in [0.29, 0.717) is 5.56 Å². The van der Waals surface area contributed by atoms with E-state index in [2.05, 4.69) is 6.92 Å². The second-order valence-electron chi connectivity index (χ2n) is 3.88. The number of rotatable bonds is 3. The molecule has 1 aromatic rings. The van der Waals surface area contributed by atoms with Gasteiger partial charge in [-0.2, -0.15) is 0 Å². The second-order valence-corrected chi connectivity index (χ2v) is 10.1. The van der Waals surface area contributed by atoms with Gasteiger partial charge in [0.2, 0.25) is 8.13 Å². The first-order valence-corrected chi connectivity index (χ1v) is 8.28. The maximum atomic E-state index is 6.27. The van der Waals surface area contributed by atoms with Gasteiger partial charge >= 0.3 is 0 Å². The lowest BCUT2D eigenvalue weighted by molar-refractivity contribution is 0.599. The standard InChI is InChI=1S/C11H6Cl9/c1-6-4-2-3-5-7(6)8(12,13)9(14,15)10(16,17)11(18,19)20/h2-5H,1H2. The molecule has 1 radical (unpaired) electrons. The zero-order chi connectivity index (χ0) is 16.0. The van der Waals surface area contributed by atoms with Gasteiger partial charge in [-0.1, -0.05) is 129 Å². The highest BCUT2D eigenvalue weighted by Crippen LogP contribution is 2.65. The summed E-state index contributed by atoms with van der Waals surface area (Å²) in [4.78, 5) is 0. The van der Waals surface area contributed by atoms with Crippen LogP contribution in [-0.4, -0.2) is 12.5 Å². The lowest BCUT2D eigenvalue weighted by atomic mass is 10.0. The van der Waals surface area contributed by atoms with Crippen molar-refractivity contribution in [3.05, 3.63) is 42.3 Å². The molecule has 0 aromatic heterocycles. The van der Waals surface area contributed by atoms with Gasteiger partial charge in [-0.05, 0) is 18.1 Å². The highest BCUT2D eigenvalue weighted by atomic mass is 35.6. The minimum absolute atomic E-state index is 0.285. The molecule has 0 nitrogen and oxygen atoms in total. The second kappa shape index (κ2) is 6.38. The number of halogens is 9. The van der Waals surface area contributed by atoms with E-state index in [1.807, 2.05) is 0 Å². The third kappa shape index (κ3) is 3.35. The summed E-state index contributed by atoms with van der Waals surface area (Å²) in [5, 5.41) is 0. The summed E-state index contributed by atoms with van der Waals surface area (Å²) >= 11 is 54.0. The van der Waals surface area contributed by atoms with E-state index < -0.39 is 16.8 Å². The molecule has 0 saturated carbocycles. The molecule has 0 fully saturated rings. The SMILES string of the molecule is [CH2]c1ccccc1C(Cl)(Cl)C(Cl)(Cl)C(Cl)(Cl)C(Cl)(Cl)Cl. The van der Waals surface area contributed by atoms with Crippen LogP contribution in [-0.2, 0) is 4.33 Å². The molecule has 0 N–H and O–H groups in total. The van der Waals surface area contributed by atoms with Gasteiger partial charge in [-0.3, -0.25) is 0 Å². The van der Waals surface area contributed by atoms with Crippen molar-refractivity contribution in [2.75, 3.05) is 0 Å². The summed E-state index contributed by atoms with van der Waals surface area (Å²) in [6, 6.07) is 6.60. The molecule has 0 aliphatic heterocycles.